The largest absolute Gasteiger partial charge is 0.486 e. The summed E-state index contributed by atoms with van der Waals surface area (Å²) in [6, 6.07) is 11.4. The van der Waals surface area contributed by atoms with E-state index in [1.807, 2.05) is 49.4 Å². The van der Waals surface area contributed by atoms with Gasteiger partial charge in [-0.15, -0.1) is 6.58 Å². The molecule has 2 rings (SSSR count). The first-order chi connectivity index (χ1) is 10.6. The Morgan fingerprint density at radius 3 is 2.32 bits per heavy atom. The van der Waals surface area contributed by atoms with Crippen LogP contribution in [0, 0.1) is 0 Å². The van der Waals surface area contributed by atoms with E-state index < -0.39 is 0 Å². The zero-order chi connectivity index (χ0) is 16.1. The molecule has 1 nitrogen and oxygen atoms in total. The van der Waals surface area contributed by atoms with Gasteiger partial charge in [-0.25, -0.2) is 0 Å². The molecular formula is C19H18Cl2O. The van der Waals surface area contributed by atoms with Crippen LogP contribution in [0.1, 0.15) is 12.5 Å². The van der Waals surface area contributed by atoms with Crippen LogP contribution in [-0.2, 0) is 6.42 Å². The fourth-order valence-corrected chi connectivity index (χ4v) is 2.83. The third-order valence-electron chi connectivity index (χ3n) is 3.33. The van der Waals surface area contributed by atoms with E-state index >= 15 is 0 Å². The monoisotopic (exact) mass is 332 g/mol. The molecule has 22 heavy (non-hydrogen) atoms. The van der Waals surface area contributed by atoms with E-state index in [9.17, 15) is 0 Å². The quantitative estimate of drug-likeness (QED) is 0.560. The molecule has 0 aromatic heterocycles. The van der Waals surface area contributed by atoms with Crippen LogP contribution in [0.25, 0.3) is 11.1 Å². The molecule has 114 valence electrons. The van der Waals surface area contributed by atoms with E-state index in [-0.39, 0.29) is 6.10 Å². The maximum Gasteiger partial charge on any atom is 0.131 e. The van der Waals surface area contributed by atoms with Crippen LogP contribution in [0.2, 0.25) is 10.0 Å². The van der Waals surface area contributed by atoms with Gasteiger partial charge in [-0.2, -0.15) is 0 Å². The van der Waals surface area contributed by atoms with Gasteiger partial charge in [0.1, 0.15) is 11.9 Å². The molecule has 0 saturated carbocycles. The summed E-state index contributed by atoms with van der Waals surface area (Å²) in [5.74, 6) is 0.768. The molecule has 0 aliphatic carbocycles. The number of para-hydroxylation sites is 1. The summed E-state index contributed by atoms with van der Waals surface area (Å²) >= 11 is 12.7. The zero-order valence-electron chi connectivity index (χ0n) is 12.5. The first-order valence-corrected chi connectivity index (χ1v) is 7.80. The maximum atomic E-state index is 6.36. The van der Waals surface area contributed by atoms with Gasteiger partial charge in [0.2, 0.25) is 0 Å². The van der Waals surface area contributed by atoms with Crippen molar-refractivity contribution in [3.63, 3.8) is 0 Å². The number of rotatable bonds is 6. The SMILES string of the molecule is C=CCc1cccc(-c2c(Cl)cccc2Cl)c1O[C@H](C)C=C. The van der Waals surface area contributed by atoms with Crippen molar-refractivity contribution in [2.45, 2.75) is 19.4 Å². The summed E-state index contributed by atoms with van der Waals surface area (Å²) in [6.45, 7) is 9.52. The summed E-state index contributed by atoms with van der Waals surface area (Å²) in [5, 5.41) is 1.19. The second-order valence-electron chi connectivity index (χ2n) is 4.94. The Labute approximate surface area is 141 Å². The first kappa shape index (κ1) is 16.7. The van der Waals surface area contributed by atoms with Crippen molar-refractivity contribution in [2.75, 3.05) is 0 Å². The van der Waals surface area contributed by atoms with E-state index in [2.05, 4.69) is 13.2 Å². The molecule has 0 bridgehead atoms. The van der Waals surface area contributed by atoms with Gasteiger partial charge in [0.15, 0.2) is 0 Å². The maximum absolute atomic E-state index is 6.36. The normalized spacial score (nSPS) is 11.8. The summed E-state index contributed by atoms with van der Waals surface area (Å²) in [4.78, 5) is 0. The summed E-state index contributed by atoms with van der Waals surface area (Å²) in [6.07, 6.45) is 4.18. The fraction of sp³-hybridized carbons (Fsp3) is 0.158. The van der Waals surface area contributed by atoms with Crippen LogP contribution >= 0.6 is 23.2 Å². The van der Waals surface area contributed by atoms with E-state index in [0.29, 0.717) is 16.5 Å². The Bertz CT molecular complexity index is 672. The van der Waals surface area contributed by atoms with Crippen molar-refractivity contribution in [3.8, 4) is 16.9 Å². The molecule has 0 unspecified atom stereocenters. The standard InChI is InChI=1S/C19H18Cl2O/c1-4-8-14-9-6-10-15(19(14)22-13(3)5-2)18-16(20)11-7-12-17(18)21/h4-7,9-13H,1-2,8H2,3H3/t13-/m1/s1. The van der Waals surface area contributed by atoms with Gasteiger partial charge in [0.25, 0.3) is 0 Å². The lowest BCUT2D eigenvalue weighted by atomic mass is 9.99. The van der Waals surface area contributed by atoms with Crippen LogP contribution in [0.4, 0.5) is 0 Å². The second kappa shape index (κ2) is 7.53. The first-order valence-electron chi connectivity index (χ1n) is 7.04. The van der Waals surface area contributed by atoms with Crippen molar-refractivity contribution in [1.82, 2.24) is 0 Å². The minimum atomic E-state index is -0.119. The molecule has 0 heterocycles. The topological polar surface area (TPSA) is 9.23 Å². The highest BCUT2D eigenvalue weighted by Crippen LogP contribution is 2.41. The zero-order valence-corrected chi connectivity index (χ0v) is 14.0. The molecule has 2 aromatic rings. The molecule has 0 aliphatic heterocycles. The van der Waals surface area contributed by atoms with E-state index in [1.54, 1.807) is 6.08 Å². The van der Waals surface area contributed by atoms with Crippen molar-refractivity contribution in [3.05, 3.63) is 77.3 Å². The smallest absolute Gasteiger partial charge is 0.131 e. The molecule has 0 N–H and O–H groups in total. The molecule has 0 fully saturated rings. The molecular weight excluding hydrogens is 315 g/mol. The average Bonchev–Trinajstić information content (AvgIpc) is 2.50. The molecule has 3 heteroatoms. The predicted octanol–water partition coefficient (Wildman–Crippen LogP) is 6.34. The third-order valence-corrected chi connectivity index (χ3v) is 3.96. The highest BCUT2D eigenvalue weighted by atomic mass is 35.5. The molecule has 0 saturated heterocycles. The fourth-order valence-electron chi connectivity index (χ4n) is 2.23. The lowest BCUT2D eigenvalue weighted by Crippen LogP contribution is -2.10. The van der Waals surface area contributed by atoms with E-state index in [4.69, 9.17) is 27.9 Å². The molecule has 0 aliphatic rings. The summed E-state index contributed by atoms with van der Waals surface area (Å²) in [7, 11) is 0. The molecule has 0 amide bonds. The number of hydrogen-bond acceptors (Lipinski definition) is 1. The minimum absolute atomic E-state index is 0.119. The van der Waals surface area contributed by atoms with Gasteiger partial charge in [0, 0.05) is 11.1 Å². The van der Waals surface area contributed by atoms with Crippen LogP contribution in [-0.4, -0.2) is 6.10 Å². The molecule has 1 atom stereocenters. The number of halogens is 2. The van der Waals surface area contributed by atoms with Crippen LogP contribution in [0.5, 0.6) is 5.75 Å². The highest BCUT2D eigenvalue weighted by molar-refractivity contribution is 6.39. The molecule has 2 aromatic carbocycles. The minimum Gasteiger partial charge on any atom is -0.486 e. The van der Waals surface area contributed by atoms with Gasteiger partial charge in [-0.05, 0) is 31.0 Å². The van der Waals surface area contributed by atoms with Gasteiger partial charge in [-0.1, -0.05) is 66.2 Å². The Hall–Kier alpha value is -1.70. The van der Waals surface area contributed by atoms with Crippen LogP contribution < -0.4 is 4.74 Å². The van der Waals surface area contributed by atoms with Crippen molar-refractivity contribution in [1.29, 1.82) is 0 Å². The van der Waals surface area contributed by atoms with Gasteiger partial charge >= 0.3 is 0 Å². The molecule has 0 spiro atoms. The number of ether oxygens (including phenoxy) is 1. The number of benzene rings is 2. The second-order valence-corrected chi connectivity index (χ2v) is 5.76. The third kappa shape index (κ3) is 3.55. The summed E-state index contributed by atoms with van der Waals surface area (Å²) in [5.41, 5.74) is 2.70. The Balaban J connectivity index is 2.66. The van der Waals surface area contributed by atoms with Gasteiger partial charge in [0.05, 0.1) is 10.0 Å². The van der Waals surface area contributed by atoms with Gasteiger partial charge < -0.3 is 4.74 Å². The van der Waals surface area contributed by atoms with E-state index in [0.717, 1.165) is 22.4 Å². The lowest BCUT2D eigenvalue weighted by Gasteiger charge is -2.19. The Morgan fingerprint density at radius 2 is 1.73 bits per heavy atom. The molecule has 0 radical (unpaired) electrons. The van der Waals surface area contributed by atoms with Crippen molar-refractivity contribution in [2.24, 2.45) is 0 Å². The Morgan fingerprint density at radius 1 is 1.09 bits per heavy atom. The van der Waals surface area contributed by atoms with Crippen molar-refractivity contribution >= 4 is 23.2 Å². The predicted molar refractivity (Wildman–Crippen MR) is 96.1 cm³/mol. The Kier molecular flexibility index (Phi) is 5.70. The number of hydrogen-bond donors (Lipinski definition) is 0. The average molecular weight is 333 g/mol. The van der Waals surface area contributed by atoms with Crippen LogP contribution in [0.15, 0.2) is 61.7 Å². The van der Waals surface area contributed by atoms with Gasteiger partial charge in [-0.3, -0.25) is 0 Å². The lowest BCUT2D eigenvalue weighted by molar-refractivity contribution is 0.269. The highest BCUT2D eigenvalue weighted by Gasteiger charge is 2.17. The summed E-state index contributed by atoms with van der Waals surface area (Å²) < 4.78 is 6.06. The van der Waals surface area contributed by atoms with Crippen LogP contribution in [0.3, 0.4) is 0 Å². The van der Waals surface area contributed by atoms with E-state index in [1.165, 1.54) is 0 Å². The van der Waals surface area contributed by atoms with Crippen molar-refractivity contribution < 1.29 is 4.74 Å². The number of allylic oxidation sites excluding steroid dienone is 1.